The molecule has 0 aliphatic carbocycles. The fraction of sp³-hybridized carbons (Fsp3) is 0.455. The zero-order valence-electron chi connectivity index (χ0n) is 8.72. The van der Waals surface area contributed by atoms with Crippen molar-refractivity contribution in [2.24, 2.45) is 0 Å². The Morgan fingerprint density at radius 2 is 1.53 bits per heavy atom. The molecule has 0 fully saturated rings. The van der Waals surface area contributed by atoms with Crippen LogP contribution in [0.2, 0.25) is 0 Å². The minimum atomic E-state index is -5.49. The van der Waals surface area contributed by atoms with E-state index in [-0.39, 0.29) is 6.42 Å². The molecular weight excluding hydrogens is 259 g/mol. The molecule has 17 heavy (non-hydrogen) atoms. The molecule has 0 heterocycles. The van der Waals surface area contributed by atoms with Crippen molar-refractivity contribution in [1.29, 1.82) is 0 Å². The van der Waals surface area contributed by atoms with Gasteiger partial charge in [-0.15, -0.1) is 0 Å². The Morgan fingerprint density at radius 1 is 1.00 bits per heavy atom. The SMILES string of the molecule is FC(F)(F)C(F)(F)CCC(S)c1ccccc1. The van der Waals surface area contributed by atoms with Gasteiger partial charge in [-0.1, -0.05) is 30.3 Å². The van der Waals surface area contributed by atoms with Crippen molar-refractivity contribution in [1.82, 2.24) is 0 Å². The largest absolute Gasteiger partial charge is 0.453 e. The summed E-state index contributed by atoms with van der Waals surface area (Å²) in [7, 11) is 0. The Kier molecular flexibility index (Phi) is 4.41. The first-order chi connectivity index (χ1) is 7.74. The summed E-state index contributed by atoms with van der Waals surface area (Å²) < 4.78 is 61.0. The maximum Gasteiger partial charge on any atom is 0.453 e. The normalized spacial score (nSPS) is 14.7. The predicted octanol–water partition coefficient (Wildman–Crippen LogP) is 4.64. The standard InChI is InChI=1S/C11H11F5S/c12-10(13,11(14,15)16)7-6-9(17)8-4-2-1-3-5-8/h1-5,9,17H,6-7H2. The second kappa shape index (κ2) is 5.25. The summed E-state index contributed by atoms with van der Waals surface area (Å²) >= 11 is 4.03. The molecule has 1 rings (SSSR count). The highest BCUT2D eigenvalue weighted by Crippen LogP contribution is 2.41. The molecule has 96 valence electrons. The molecule has 6 heteroatoms. The van der Waals surface area contributed by atoms with Crippen LogP contribution in [0.5, 0.6) is 0 Å². The van der Waals surface area contributed by atoms with Gasteiger partial charge in [0.2, 0.25) is 0 Å². The van der Waals surface area contributed by atoms with Crippen molar-refractivity contribution >= 4 is 12.6 Å². The third-order valence-electron chi connectivity index (χ3n) is 2.33. The number of alkyl halides is 5. The van der Waals surface area contributed by atoms with Crippen LogP contribution in [0.15, 0.2) is 30.3 Å². The van der Waals surface area contributed by atoms with Gasteiger partial charge in [0.15, 0.2) is 0 Å². The third-order valence-corrected chi connectivity index (χ3v) is 2.89. The highest BCUT2D eigenvalue weighted by molar-refractivity contribution is 7.80. The van der Waals surface area contributed by atoms with Gasteiger partial charge in [-0.3, -0.25) is 0 Å². The Bertz CT molecular complexity index is 347. The van der Waals surface area contributed by atoms with Crippen LogP contribution in [0, 0.1) is 0 Å². The third kappa shape index (κ3) is 3.87. The van der Waals surface area contributed by atoms with Crippen molar-refractivity contribution < 1.29 is 22.0 Å². The van der Waals surface area contributed by atoms with E-state index in [1.165, 1.54) is 0 Å². The van der Waals surface area contributed by atoms with E-state index in [2.05, 4.69) is 12.6 Å². The molecule has 1 aromatic rings. The topological polar surface area (TPSA) is 0 Å². The van der Waals surface area contributed by atoms with E-state index in [1.54, 1.807) is 30.3 Å². The number of thiol groups is 1. The van der Waals surface area contributed by atoms with Gasteiger partial charge in [0.25, 0.3) is 0 Å². The van der Waals surface area contributed by atoms with E-state index in [1.807, 2.05) is 0 Å². The molecule has 1 unspecified atom stereocenters. The summed E-state index contributed by atoms with van der Waals surface area (Å²) in [6.45, 7) is 0. The first kappa shape index (κ1) is 14.3. The van der Waals surface area contributed by atoms with Gasteiger partial charge in [-0.2, -0.15) is 34.6 Å². The van der Waals surface area contributed by atoms with Crippen LogP contribution in [0.25, 0.3) is 0 Å². The second-order valence-electron chi connectivity index (χ2n) is 3.67. The van der Waals surface area contributed by atoms with Crippen LogP contribution in [0.3, 0.4) is 0 Å². The minimum Gasteiger partial charge on any atom is -0.196 e. The summed E-state index contributed by atoms with van der Waals surface area (Å²) in [5, 5.41) is -0.621. The monoisotopic (exact) mass is 270 g/mol. The molecular formula is C11H11F5S. The zero-order valence-corrected chi connectivity index (χ0v) is 9.61. The van der Waals surface area contributed by atoms with Crippen LogP contribution in [-0.4, -0.2) is 12.1 Å². The molecule has 0 N–H and O–H groups in total. The van der Waals surface area contributed by atoms with E-state index >= 15 is 0 Å². The number of hydrogen-bond acceptors (Lipinski definition) is 1. The lowest BCUT2D eigenvalue weighted by Crippen LogP contribution is -2.36. The zero-order chi connectivity index (χ0) is 13.1. The highest BCUT2D eigenvalue weighted by Gasteiger charge is 2.56. The van der Waals surface area contributed by atoms with Crippen molar-refractivity contribution in [3.8, 4) is 0 Å². The molecule has 1 aromatic carbocycles. The summed E-state index contributed by atoms with van der Waals surface area (Å²) in [4.78, 5) is 0. The van der Waals surface area contributed by atoms with Gasteiger partial charge in [-0.05, 0) is 12.0 Å². The average Bonchev–Trinajstić information content (AvgIpc) is 2.25. The van der Waals surface area contributed by atoms with Gasteiger partial charge < -0.3 is 0 Å². The van der Waals surface area contributed by atoms with E-state index in [0.29, 0.717) is 5.56 Å². The first-order valence-corrected chi connectivity index (χ1v) is 5.43. The molecule has 0 spiro atoms. The fourth-order valence-electron chi connectivity index (χ4n) is 1.30. The molecule has 0 saturated carbocycles. The van der Waals surface area contributed by atoms with Crippen LogP contribution in [0.1, 0.15) is 23.7 Å². The van der Waals surface area contributed by atoms with Crippen molar-refractivity contribution in [3.05, 3.63) is 35.9 Å². The number of halogens is 5. The van der Waals surface area contributed by atoms with Gasteiger partial charge in [0.1, 0.15) is 0 Å². The van der Waals surface area contributed by atoms with Crippen LogP contribution < -0.4 is 0 Å². The van der Waals surface area contributed by atoms with Gasteiger partial charge in [0, 0.05) is 11.7 Å². The first-order valence-electron chi connectivity index (χ1n) is 4.91. The predicted molar refractivity (Wildman–Crippen MR) is 58.4 cm³/mol. The molecule has 0 aliphatic rings. The Morgan fingerprint density at radius 3 is 2.00 bits per heavy atom. The summed E-state index contributed by atoms with van der Waals surface area (Å²) in [5.74, 6) is -4.65. The van der Waals surface area contributed by atoms with Crippen LogP contribution >= 0.6 is 12.6 Å². The number of rotatable bonds is 4. The van der Waals surface area contributed by atoms with Crippen molar-refractivity contribution in [2.45, 2.75) is 30.2 Å². The molecule has 0 saturated heterocycles. The van der Waals surface area contributed by atoms with Gasteiger partial charge in [-0.25, -0.2) is 0 Å². The lowest BCUT2D eigenvalue weighted by molar-refractivity contribution is -0.284. The number of hydrogen-bond donors (Lipinski definition) is 1. The maximum atomic E-state index is 12.6. The molecule has 0 radical (unpaired) electrons. The summed E-state index contributed by atoms with van der Waals surface area (Å²) in [6, 6.07) is 8.38. The van der Waals surface area contributed by atoms with Gasteiger partial charge >= 0.3 is 12.1 Å². The Labute approximate surface area is 101 Å². The van der Waals surface area contributed by atoms with E-state index in [0.717, 1.165) is 0 Å². The van der Waals surface area contributed by atoms with Gasteiger partial charge in [0.05, 0.1) is 0 Å². The molecule has 0 aliphatic heterocycles. The minimum absolute atomic E-state index is 0.334. The van der Waals surface area contributed by atoms with E-state index in [4.69, 9.17) is 0 Å². The lowest BCUT2D eigenvalue weighted by Gasteiger charge is -2.21. The maximum absolute atomic E-state index is 12.6. The number of benzene rings is 1. The summed E-state index contributed by atoms with van der Waals surface area (Å²) in [5.41, 5.74) is 0.633. The van der Waals surface area contributed by atoms with E-state index in [9.17, 15) is 22.0 Å². The average molecular weight is 270 g/mol. The molecule has 0 bridgehead atoms. The van der Waals surface area contributed by atoms with Crippen LogP contribution in [0.4, 0.5) is 22.0 Å². The van der Waals surface area contributed by atoms with E-state index < -0.39 is 23.8 Å². The molecule has 0 amide bonds. The lowest BCUT2D eigenvalue weighted by atomic mass is 10.0. The highest BCUT2D eigenvalue weighted by atomic mass is 32.1. The quantitative estimate of drug-likeness (QED) is 0.598. The van der Waals surface area contributed by atoms with Crippen molar-refractivity contribution in [2.75, 3.05) is 0 Å². The van der Waals surface area contributed by atoms with Crippen molar-refractivity contribution in [3.63, 3.8) is 0 Å². The molecule has 0 aromatic heterocycles. The van der Waals surface area contributed by atoms with Crippen LogP contribution in [-0.2, 0) is 0 Å². The molecule has 1 atom stereocenters. The smallest absolute Gasteiger partial charge is 0.196 e. The summed E-state index contributed by atoms with van der Waals surface area (Å²) in [6.07, 6.45) is -7.07. The molecule has 0 nitrogen and oxygen atoms in total. The Balaban J connectivity index is 2.58. The Hall–Kier alpha value is -0.780. The fourth-order valence-corrected chi connectivity index (χ4v) is 1.60. The second-order valence-corrected chi connectivity index (χ2v) is 4.29.